The van der Waals surface area contributed by atoms with E-state index >= 15 is 0 Å². The number of ether oxygens (including phenoxy) is 2. The summed E-state index contributed by atoms with van der Waals surface area (Å²) >= 11 is 0. The fourth-order valence-corrected chi connectivity index (χ4v) is 3.41. The molecule has 0 aliphatic carbocycles. The van der Waals surface area contributed by atoms with Gasteiger partial charge < -0.3 is 15.2 Å². The summed E-state index contributed by atoms with van der Waals surface area (Å²) in [5.74, 6) is 1.82. The molecule has 2 N–H and O–H groups in total. The third kappa shape index (κ3) is 4.73. The molecule has 3 aromatic rings. The van der Waals surface area contributed by atoms with Crippen LogP contribution in [0.3, 0.4) is 0 Å². The van der Waals surface area contributed by atoms with E-state index in [2.05, 4.69) is 51.1 Å². The molecule has 3 aromatic carbocycles. The van der Waals surface area contributed by atoms with Gasteiger partial charge in [0, 0.05) is 5.56 Å². The Bertz CT molecular complexity index is 891. The molecule has 28 heavy (non-hydrogen) atoms. The minimum Gasteiger partial charge on any atom is -0.488 e. The van der Waals surface area contributed by atoms with Crippen molar-refractivity contribution in [3.8, 4) is 11.5 Å². The first kappa shape index (κ1) is 20.0. The number of nitrogens with two attached hydrogens (primary N) is 1. The SMILES string of the molecule is Cc1cc(OC(C)c2ccccc2)c(C)c(CCN)c1OCc1ccccc1. The lowest BCUT2D eigenvalue weighted by Crippen LogP contribution is -2.11. The van der Waals surface area contributed by atoms with E-state index in [1.807, 2.05) is 36.4 Å². The molecule has 0 aliphatic rings. The van der Waals surface area contributed by atoms with Crippen molar-refractivity contribution in [2.75, 3.05) is 6.54 Å². The zero-order valence-corrected chi connectivity index (χ0v) is 16.9. The molecule has 0 radical (unpaired) electrons. The normalized spacial score (nSPS) is 11.9. The lowest BCUT2D eigenvalue weighted by atomic mass is 9.99. The van der Waals surface area contributed by atoms with Gasteiger partial charge in [-0.3, -0.25) is 0 Å². The first-order valence-corrected chi connectivity index (χ1v) is 9.81. The van der Waals surface area contributed by atoms with Crippen molar-refractivity contribution < 1.29 is 9.47 Å². The summed E-state index contributed by atoms with van der Waals surface area (Å²) in [4.78, 5) is 0. The van der Waals surface area contributed by atoms with Gasteiger partial charge in [0.1, 0.15) is 24.2 Å². The highest BCUT2D eigenvalue weighted by Gasteiger charge is 2.17. The second-order valence-electron chi connectivity index (χ2n) is 7.11. The molecule has 0 aromatic heterocycles. The molecule has 0 heterocycles. The highest BCUT2D eigenvalue weighted by molar-refractivity contribution is 5.53. The van der Waals surface area contributed by atoms with Crippen molar-refractivity contribution in [2.24, 2.45) is 5.73 Å². The summed E-state index contributed by atoms with van der Waals surface area (Å²) in [6.45, 7) is 7.35. The monoisotopic (exact) mass is 375 g/mol. The van der Waals surface area contributed by atoms with Crippen LogP contribution >= 0.6 is 0 Å². The van der Waals surface area contributed by atoms with Gasteiger partial charge in [0.05, 0.1) is 0 Å². The summed E-state index contributed by atoms with van der Waals surface area (Å²) in [5.41, 5.74) is 11.5. The van der Waals surface area contributed by atoms with Gasteiger partial charge in [-0.25, -0.2) is 0 Å². The van der Waals surface area contributed by atoms with Gasteiger partial charge in [-0.15, -0.1) is 0 Å². The first-order valence-electron chi connectivity index (χ1n) is 9.81. The summed E-state index contributed by atoms with van der Waals surface area (Å²) in [6, 6.07) is 22.6. The van der Waals surface area contributed by atoms with Gasteiger partial charge in [0.15, 0.2) is 0 Å². The van der Waals surface area contributed by atoms with E-state index in [9.17, 15) is 0 Å². The minimum absolute atomic E-state index is 0.0267. The van der Waals surface area contributed by atoms with Crippen molar-refractivity contribution in [1.82, 2.24) is 0 Å². The zero-order chi connectivity index (χ0) is 19.9. The molecule has 1 atom stereocenters. The highest BCUT2D eigenvalue weighted by Crippen LogP contribution is 2.36. The predicted molar refractivity (Wildman–Crippen MR) is 115 cm³/mol. The number of rotatable bonds is 8. The van der Waals surface area contributed by atoms with Crippen LogP contribution in [0.2, 0.25) is 0 Å². The van der Waals surface area contributed by atoms with Crippen molar-refractivity contribution >= 4 is 0 Å². The fourth-order valence-electron chi connectivity index (χ4n) is 3.41. The summed E-state index contributed by atoms with van der Waals surface area (Å²) < 4.78 is 12.5. The van der Waals surface area contributed by atoms with Crippen LogP contribution in [-0.2, 0) is 13.0 Å². The van der Waals surface area contributed by atoms with Crippen LogP contribution in [0.4, 0.5) is 0 Å². The van der Waals surface area contributed by atoms with Crippen LogP contribution in [0.25, 0.3) is 0 Å². The van der Waals surface area contributed by atoms with Gasteiger partial charge >= 0.3 is 0 Å². The maximum atomic E-state index is 6.32. The van der Waals surface area contributed by atoms with E-state index in [0.29, 0.717) is 13.2 Å². The van der Waals surface area contributed by atoms with Crippen molar-refractivity contribution in [3.63, 3.8) is 0 Å². The Hall–Kier alpha value is -2.78. The maximum Gasteiger partial charge on any atom is 0.126 e. The molecule has 0 saturated heterocycles. The molecule has 3 rings (SSSR count). The molecule has 3 nitrogen and oxygen atoms in total. The molecular formula is C25H29NO2. The van der Waals surface area contributed by atoms with Crippen LogP contribution in [-0.4, -0.2) is 6.54 Å². The van der Waals surface area contributed by atoms with Gasteiger partial charge in [-0.2, -0.15) is 0 Å². The number of benzene rings is 3. The third-order valence-electron chi connectivity index (χ3n) is 5.00. The van der Waals surface area contributed by atoms with Crippen molar-refractivity contribution in [2.45, 2.75) is 39.9 Å². The van der Waals surface area contributed by atoms with Crippen LogP contribution < -0.4 is 15.2 Å². The highest BCUT2D eigenvalue weighted by atomic mass is 16.5. The second kappa shape index (κ2) is 9.43. The summed E-state index contributed by atoms with van der Waals surface area (Å²) in [5, 5.41) is 0. The van der Waals surface area contributed by atoms with Crippen LogP contribution in [0.5, 0.6) is 11.5 Å². The molecule has 0 amide bonds. The minimum atomic E-state index is -0.0267. The molecular weight excluding hydrogens is 346 g/mol. The average molecular weight is 376 g/mol. The average Bonchev–Trinajstić information content (AvgIpc) is 2.72. The Labute approximate surface area is 168 Å². The Morgan fingerprint density at radius 2 is 1.57 bits per heavy atom. The second-order valence-corrected chi connectivity index (χ2v) is 7.11. The lowest BCUT2D eigenvalue weighted by Gasteiger charge is -2.22. The third-order valence-corrected chi connectivity index (χ3v) is 5.00. The Morgan fingerprint density at radius 1 is 0.929 bits per heavy atom. The van der Waals surface area contributed by atoms with Gasteiger partial charge in [0.2, 0.25) is 0 Å². The fraction of sp³-hybridized carbons (Fsp3) is 0.280. The van der Waals surface area contributed by atoms with Gasteiger partial charge in [-0.1, -0.05) is 60.7 Å². The maximum absolute atomic E-state index is 6.32. The summed E-state index contributed by atoms with van der Waals surface area (Å²) in [7, 11) is 0. The van der Waals surface area contributed by atoms with E-state index in [4.69, 9.17) is 15.2 Å². The van der Waals surface area contributed by atoms with Crippen LogP contribution in [0.1, 0.15) is 40.8 Å². The molecule has 3 heteroatoms. The first-order chi connectivity index (χ1) is 13.6. The Kier molecular flexibility index (Phi) is 6.72. The van der Waals surface area contributed by atoms with E-state index in [1.165, 1.54) is 0 Å². The molecule has 0 saturated carbocycles. The number of hydrogen-bond donors (Lipinski definition) is 1. The largest absolute Gasteiger partial charge is 0.488 e. The quantitative estimate of drug-likeness (QED) is 0.563. The standard InChI is InChI=1S/C25H29NO2/c1-18-16-24(28-20(3)22-12-8-5-9-13-22)19(2)23(14-15-26)25(18)27-17-21-10-6-4-7-11-21/h4-13,16,20H,14-15,17,26H2,1-3H3. The molecule has 1 unspecified atom stereocenters. The van der Waals surface area contributed by atoms with Crippen molar-refractivity contribution in [1.29, 1.82) is 0 Å². The van der Waals surface area contributed by atoms with Gasteiger partial charge in [-0.05, 0) is 62.1 Å². The zero-order valence-electron chi connectivity index (χ0n) is 16.9. The van der Waals surface area contributed by atoms with E-state index < -0.39 is 0 Å². The molecule has 0 spiro atoms. The van der Waals surface area contributed by atoms with Gasteiger partial charge in [0.25, 0.3) is 0 Å². The molecule has 0 aliphatic heterocycles. The Balaban J connectivity index is 1.86. The predicted octanol–water partition coefficient (Wildman–Crippen LogP) is 5.52. The number of hydrogen-bond acceptors (Lipinski definition) is 3. The van der Waals surface area contributed by atoms with E-state index in [-0.39, 0.29) is 6.10 Å². The molecule has 0 bridgehead atoms. The van der Waals surface area contributed by atoms with E-state index in [1.54, 1.807) is 0 Å². The molecule has 0 fully saturated rings. The topological polar surface area (TPSA) is 44.5 Å². The smallest absolute Gasteiger partial charge is 0.126 e. The van der Waals surface area contributed by atoms with Crippen molar-refractivity contribution in [3.05, 3.63) is 94.5 Å². The summed E-state index contributed by atoms with van der Waals surface area (Å²) in [6.07, 6.45) is 0.731. The Morgan fingerprint density at radius 3 is 2.21 bits per heavy atom. The lowest BCUT2D eigenvalue weighted by molar-refractivity contribution is 0.224. The van der Waals surface area contributed by atoms with E-state index in [0.717, 1.165) is 45.7 Å². The van der Waals surface area contributed by atoms with Crippen LogP contribution in [0.15, 0.2) is 66.7 Å². The molecule has 146 valence electrons. The number of aryl methyl sites for hydroxylation is 1. The van der Waals surface area contributed by atoms with Crippen LogP contribution in [0, 0.1) is 13.8 Å².